The third kappa shape index (κ3) is 4.13. The maximum absolute atomic E-state index is 11.4. The second kappa shape index (κ2) is 6.99. The molecule has 5 heteroatoms. The van der Waals surface area contributed by atoms with Crippen molar-refractivity contribution >= 4 is 17.4 Å². The molecule has 0 atom stereocenters. The smallest absolute Gasteiger partial charge is 0.319 e. The van der Waals surface area contributed by atoms with E-state index < -0.39 is 0 Å². The third-order valence-corrected chi connectivity index (χ3v) is 3.24. The lowest BCUT2D eigenvalue weighted by Gasteiger charge is -2.28. The maximum atomic E-state index is 11.4. The Kier molecular flexibility index (Phi) is 5.03. The first-order valence-corrected chi connectivity index (χ1v) is 6.80. The normalized spacial score (nSPS) is 15.1. The van der Waals surface area contributed by atoms with Gasteiger partial charge in [-0.3, -0.25) is 0 Å². The SMILES string of the molecule is O=C(NCCO)Nc1ccc(N2CCCCC2)cc1. The van der Waals surface area contributed by atoms with E-state index in [0.29, 0.717) is 0 Å². The average Bonchev–Trinajstić information content (AvgIpc) is 2.47. The second-order valence-corrected chi connectivity index (χ2v) is 4.70. The summed E-state index contributed by atoms with van der Waals surface area (Å²) in [7, 11) is 0. The minimum atomic E-state index is -0.292. The molecule has 0 bridgehead atoms. The van der Waals surface area contributed by atoms with Crippen LogP contribution in [0.25, 0.3) is 0 Å². The molecule has 1 heterocycles. The van der Waals surface area contributed by atoms with Crippen LogP contribution in [0.4, 0.5) is 16.2 Å². The fraction of sp³-hybridized carbons (Fsp3) is 0.500. The Morgan fingerprint density at radius 3 is 2.47 bits per heavy atom. The van der Waals surface area contributed by atoms with Crippen LogP contribution in [-0.2, 0) is 0 Å². The van der Waals surface area contributed by atoms with Gasteiger partial charge in [-0.05, 0) is 43.5 Å². The quantitative estimate of drug-likeness (QED) is 0.776. The van der Waals surface area contributed by atoms with E-state index in [-0.39, 0.29) is 19.2 Å². The molecule has 0 radical (unpaired) electrons. The summed E-state index contributed by atoms with van der Waals surface area (Å²) in [4.78, 5) is 13.8. The summed E-state index contributed by atoms with van der Waals surface area (Å²) in [6.45, 7) is 2.44. The first-order valence-electron chi connectivity index (χ1n) is 6.80. The molecule has 0 unspecified atom stereocenters. The minimum Gasteiger partial charge on any atom is -0.395 e. The highest BCUT2D eigenvalue weighted by Crippen LogP contribution is 2.21. The van der Waals surface area contributed by atoms with Crippen LogP contribution in [0, 0.1) is 0 Å². The van der Waals surface area contributed by atoms with Crippen molar-refractivity contribution in [2.45, 2.75) is 19.3 Å². The molecule has 1 aromatic rings. The number of benzene rings is 1. The molecule has 5 nitrogen and oxygen atoms in total. The lowest BCUT2D eigenvalue weighted by Crippen LogP contribution is -2.31. The van der Waals surface area contributed by atoms with Gasteiger partial charge in [0.1, 0.15) is 0 Å². The van der Waals surface area contributed by atoms with E-state index >= 15 is 0 Å². The molecule has 0 saturated carbocycles. The Morgan fingerprint density at radius 2 is 1.84 bits per heavy atom. The Balaban J connectivity index is 1.88. The van der Waals surface area contributed by atoms with E-state index in [0.717, 1.165) is 18.8 Å². The molecule has 1 aliphatic heterocycles. The molecule has 19 heavy (non-hydrogen) atoms. The van der Waals surface area contributed by atoms with Crippen LogP contribution in [-0.4, -0.2) is 37.4 Å². The highest BCUT2D eigenvalue weighted by molar-refractivity contribution is 5.89. The zero-order valence-electron chi connectivity index (χ0n) is 11.1. The predicted octanol–water partition coefficient (Wildman–Crippen LogP) is 1.79. The zero-order chi connectivity index (χ0) is 13.5. The van der Waals surface area contributed by atoms with Gasteiger partial charge in [0.05, 0.1) is 6.61 Å². The molecule has 1 saturated heterocycles. The van der Waals surface area contributed by atoms with Crippen LogP contribution in [0.2, 0.25) is 0 Å². The van der Waals surface area contributed by atoms with Crippen LogP contribution < -0.4 is 15.5 Å². The van der Waals surface area contributed by atoms with Crippen molar-refractivity contribution < 1.29 is 9.90 Å². The van der Waals surface area contributed by atoms with Gasteiger partial charge < -0.3 is 20.6 Å². The van der Waals surface area contributed by atoms with Crippen molar-refractivity contribution in [1.82, 2.24) is 5.32 Å². The standard InChI is InChI=1S/C14H21N3O2/c18-11-8-15-14(19)16-12-4-6-13(7-5-12)17-9-2-1-3-10-17/h4-7,18H,1-3,8-11H2,(H2,15,16,19). The monoisotopic (exact) mass is 263 g/mol. The topological polar surface area (TPSA) is 64.6 Å². The highest BCUT2D eigenvalue weighted by Gasteiger charge is 2.10. The summed E-state index contributed by atoms with van der Waals surface area (Å²) in [6, 6.07) is 7.59. The number of nitrogens with zero attached hydrogens (tertiary/aromatic N) is 1. The van der Waals surface area contributed by atoms with Gasteiger partial charge in [-0.1, -0.05) is 0 Å². The van der Waals surface area contributed by atoms with Crippen LogP contribution in [0.1, 0.15) is 19.3 Å². The summed E-state index contributed by atoms with van der Waals surface area (Å²) in [5, 5.41) is 13.9. The van der Waals surface area contributed by atoms with E-state index in [1.807, 2.05) is 24.3 Å². The number of aliphatic hydroxyl groups is 1. The van der Waals surface area contributed by atoms with Crippen LogP contribution in [0.5, 0.6) is 0 Å². The molecule has 1 aromatic carbocycles. The number of rotatable bonds is 4. The first-order chi connectivity index (χ1) is 9.29. The van der Waals surface area contributed by atoms with Crippen LogP contribution in [0.15, 0.2) is 24.3 Å². The summed E-state index contributed by atoms with van der Waals surface area (Å²) >= 11 is 0. The van der Waals surface area contributed by atoms with E-state index in [2.05, 4.69) is 15.5 Å². The summed E-state index contributed by atoms with van der Waals surface area (Å²) in [6.07, 6.45) is 3.83. The number of aliphatic hydroxyl groups excluding tert-OH is 1. The fourth-order valence-electron chi connectivity index (χ4n) is 2.25. The van der Waals surface area contributed by atoms with Gasteiger partial charge in [-0.15, -0.1) is 0 Å². The molecule has 2 amide bonds. The molecular weight excluding hydrogens is 242 g/mol. The second-order valence-electron chi connectivity index (χ2n) is 4.70. The van der Waals surface area contributed by atoms with Crippen molar-refractivity contribution in [2.75, 3.05) is 36.5 Å². The first kappa shape index (κ1) is 13.7. The van der Waals surface area contributed by atoms with E-state index in [1.54, 1.807) is 0 Å². The number of nitrogens with one attached hydrogen (secondary N) is 2. The van der Waals surface area contributed by atoms with Crippen molar-refractivity contribution in [1.29, 1.82) is 0 Å². The Labute approximate surface area is 113 Å². The lowest BCUT2D eigenvalue weighted by atomic mass is 10.1. The molecule has 1 fully saturated rings. The number of hydrogen-bond donors (Lipinski definition) is 3. The molecule has 3 N–H and O–H groups in total. The maximum Gasteiger partial charge on any atom is 0.319 e. The minimum absolute atomic E-state index is 0.0542. The summed E-state index contributed by atoms with van der Waals surface area (Å²) in [5.74, 6) is 0. The van der Waals surface area contributed by atoms with E-state index in [9.17, 15) is 4.79 Å². The molecule has 0 aliphatic carbocycles. The number of carbonyl (C=O) groups excluding carboxylic acids is 1. The third-order valence-electron chi connectivity index (χ3n) is 3.24. The number of urea groups is 1. The molecule has 1 aliphatic rings. The predicted molar refractivity (Wildman–Crippen MR) is 76.6 cm³/mol. The molecule has 104 valence electrons. The molecular formula is C14H21N3O2. The van der Waals surface area contributed by atoms with Gasteiger partial charge in [0.15, 0.2) is 0 Å². The highest BCUT2D eigenvalue weighted by atomic mass is 16.3. The van der Waals surface area contributed by atoms with Crippen molar-refractivity contribution in [3.8, 4) is 0 Å². The number of anilines is 2. The van der Waals surface area contributed by atoms with Crippen molar-refractivity contribution in [2.24, 2.45) is 0 Å². The lowest BCUT2D eigenvalue weighted by molar-refractivity contribution is 0.245. The average molecular weight is 263 g/mol. The van der Waals surface area contributed by atoms with E-state index in [4.69, 9.17) is 5.11 Å². The van der Waals surface area contributed by atoms with Crippen molar-refractivity contribution in [3.63, 3.8) is 0 Å². The Morgan fingerprint density at radius 1 is 1.16 bits per heavy atom. The largest absolute Gasteiger partial charge is 0.395 e. The van der Waals surface area contributed by atoms with Gasteiger partial charge in [0.25, 0.3) is 0 Å². The van der Waals surface area contributed by atoms with Crippen LogP contribution in [0.3, 0.4) is 0 Å². The van der Waals surface area contributed by atoms with Gasteiger partial charge in [0.2, 0.25) is 0 Å². The van der Waals surface area contributed by atoms with Gasteiger partial charge in [-0.25, -0.2) is 4.79 Å². The molecule has 0 aromatic heterocycles. The fourth-order valence-corrected chi connectivity index (χ4v) is 2.25. The Hall–Kier alpha value is -1.75. The number of carbonyl (C=O) groups is 1. The molecule has 0 spiro atoms. The number of amides is 2. The zero-order valence-corrected chi connectivity index (χ0v) is 11.1. The molecule has 2 rings (SSSR count). The van der Waals surface area contributed by atoms with Gasteiger partial charge in [0, 0.05) is 31.0 Å². The number of hydrogen-bond acceptors (Lipinski definition) is 3. The van der Waals surface area contributed by atoms with Gasteiger partial charge >= 0.3 is 6.03 Å². The van der Waals surface area contributed by atoms with Gasteiger partial charge in [-0.2, -0.15) is 0 Å². The van der Waals surface area contributed by atoms with E-state index in [1.165, 1.54) is 24.9 Å². The van der Waals surface area contributed by atoms with Crippen molar-refractivity contribution in [3.05, 3.63) is 24.3 Å². The Bertz CT molecular complexity index is 400. The summed E-state index contributed by atoms with van der Waals surface area (Å²) < 4.78 is 0. The van der Waals surface area contributed by atoms with Crippen LogP contribution >= 0.6 is 0 Å². The summed E-state index contributed by atoms with van der Waals surface area (Å²) in [5.41, 5.74) is 1.97. The number of piperidine rings is 1.